The summed E-state index contributed by atoms with van der Waals surface area (Å²) in [5.41, 5.74) is 1.65. The minimum Gasteiger partial charge on any atom is -0.356 e. The third-order valence-corrected chi connectivity index (χ3v) is 4.38. The van der Waals surface area contributed by atoms with Crippen molar-refractivity contribution in [2.24, 2.45) is 17.5 Å². The van der Waals surface area contributed by atoms with Gasteiger partial charge in [0.2, 0.25) is 0 Å². The maximum Gasteiger partial charge on any atom is 0.191 e. The van der Waals surface area contributed by atoms with Crippen molar-refractivity contribution in [1.82, 2.24) is 20.4 Å². The molecule has 0 radical (unpaired) electrons. The van der Waals surface area contributed by atoms with Gasteiger partial charge in [-0.2, -0.15) is 5.10 Å². The van der Waals surface area contributed by atoms with Crippen LogP contribution in [-0.4, -0.2) is 29.3 Å². The molecule has 0 saturated heterocycles. The molecule has 0 unspecified atom stereocenters. The smallest absolute Gasteiger partial charge is 0.191 e. The number of hydrogen-bond donors (Lipinski definition) is 2. The Balaban J connectivity index is 0.00000200. The van der Waals surface area contributed by atoms with Gasteiger partial charge in [-0.05, 0) is 30.7 Å². The number of nitrogens with one attached hydrogen (secondary N) is 2. The lowest BCUT2D eigenvalue weighted by atomic mass is 9.67. The number of aryl methyl sites for hydroxylation is 1. The van der Waals surface area contributed by atoms with Crippen LogP contribution in [0.4, 0.5) is 0 Å². The third kappa shape index (κ3) is 4.10. The Bertz CT molecular complexity index is 431. The van der Waals surface area contributed by atoms with Crippen molar-refractivity contribution < 1.29 is 0 Å². The fourth-order valence-electron chi connectivity index (χ4n) is 2.57. The highest BCUT2D eigenvalue weighted by Crippen LogP contribution is 2.42. The average Bonchev–Trinajstić information content (AvgIpc) is 2.78. The first-order chi connectivity index (χ1) is 9.19. The van der Waals surface area contributed by atoms with Crippen LogP contribution >= 0.6 is 24.0 Å². The van der Waals surface area contributed by atoms with E-state index >= 15 is 0 Å². The minimum atomic E-state index is 0. The van der Waals surface area contributed by atoms with Crippen molar-refractivity contribution >= 4 is 29.9 Å². The van der Waals surface area contributed by atoms with Crippen LogP contribution < -0.4 is 10.6 Å². The minimum absolute atomic E-state index is 0. The van der Waals surface area contributed by atoms with Gasteiger partial charge < -0.3 is 10.6 Å². The SMILES string of the molecule is CCC1(CNC(=NC)NCc2ccnn2C)CCC1.I. The van der Waals surface area contributed by atoms with Crippen molar-refractivity contribution in [3.05, 3.63) is 18.0 Å². The second-order valence-corrected chi connectivity index (χ2v) is 5.43. The maximum absolute atomic E-state index is 4.28. The van der Waals surface area contributed by atoms with Crippen molar-refractivity contribution in [3.63, 3.8) is 0 Å². The van der Waals surface area contributed by atoms with E-state index in [0.717, 1.165) is 24.7 Å². The highest BCUT2D eigenvalue weighted by atomic mass is 127. The van der Waals surface area contributed by atoms with Gasteiger partial charge >= 0.3 is 0 Å². The summed E-state index contributed by atoms with van der Waals surface area (Å²) in [6, 6.07) is 2.01. The summed E-state index contributed by atoms with van der Waals surface area (Å²) in [7, 11) is 3.77. The molecule has 5 nitrogen and oxygen atoms in total. The van der Waals surface area contributed by atoms with Crippen molar-refractivity contribution in [1.29, 1.82) is 0 Å². The zero-order chi connectivity index (χ0) is 13.7. The van der Waals surface area contributed by atoms with Gasteiger partial charge in [-0.3, -0.25) is 9.67 Å². The Hall–Kier alpha value is -0.790. The maximum atomic E-state index is 4.28. The van der Waals surface area contributed by atoms with Crippen LogP contribution in [0.3, 0.4) is 0 Å². The molecule has 20 heavy (non-hydrogen) atoms. The Morgan fingerprint density at radius 1 is 1.45 bits per heavy atom. The zero-order valence-corrected chi connectivity index (χ0v) is 15.0. The molecular weight excluding hydrogens is 365 g/mol. The first-order valence-corrected chi connectivity index (χ1v) is 7.10. The van der Waals surface area contributed by atoms with Crippen LogP contribution in [0.1, 0.15) is 38.3 Å². The molecule has 2 N–H and O–H groups in total. The first kappa shape index (κ1) is 17.3. The largest absolute Gasteiger partial charge is 0.356 e. The van der Waals surface area contributed by atoms with E-state index in [4.69, 9.17) is 0 Å². The number of aliphatic imine (C=N–C) groups is 1. The molecule has 1 aliphatic carbocycles. The molecule has 0 bridgehead atoms. The zero-order valence-electron chi connectivity index (χ0n) is 12.6. The summed E-state index contributed by atoms with van der Waals surface area (Å²) >= 11 is 0. The molecule has 1 fully saturated rings. The van der Waals surface area contributed by atoms with Crippen LogP contribution in [0.15, 0.2) is 17.3 Å². The average molecular weight is 391 g/mol. The summed E-state index contributed by atoms with van der Waals surface area (Å²) in [6.07, 6.45) is 7.12. The summed E-state index contributed by atoms with van der Waals surface area (Å²) in [4.78, 5) is 4.28. The normalized spacial score (nSPS) is 17.1. The van der Waals surface area contributed by atoms with Crippen molar-refractivity contribution in [2.75, 3.05) is 13.6 Å². The fourth-order valence-corrected chi connectivity index (χ4v) is 2.57. The molecule has 1 heterocycles. The molecule has 1 saturated carbocycles. The van der Waals surface area contributed by atoms with Gasteiger partial charge in [0.1, 0.15) is 0 Å². The van der Waals surface area contributed by atoms with Crippen molar-refractivity contribution in [3.8, 4) is 0 Å². The van der Waals surface area contributed by atoms with Crippen LogP contribution in [0.25, 0.3) is 0 Å². The van der Waals surface area contributed by atoms with E-state index in [9.17, 15) is 0 Å². The van der Waals surface area contributed by atoms with Gasteiger partial charge in [0.15, 0.2) is 5.96 Å². The monoisotopic (exact) mass is 391 g/mol. The van der Waals surface area contributed by atoms with E-state index in [2.05, 4.69) is 27.6 Å². The summed E-state index contributed by atoms with van der Waals surface area (Å²) in [6.45, 7) is 4.05. The highest BCUT2D eigenvalue weighted by Gasteiger charge is 2.34. The van der Waals surface area contributed by atoms with Gasteiger partial charge in [0.05, 0.1) is 12.2 Å². The lowest BCUT2D eigenvalue weighted by molar-refractivity contribution is 0.131. The number of hydrogen-bond acceptors (Lipinski definition) is 2. The molecule has 1 aromatic heterocycles. The molecule has 2 rings (SSSR count). The predicted molar refractivity (Wildman–Crippen MR) is 93.4 cm³/mol. The second-order valence-electron chi connectivity index (χ2n) is 5.43. The van der Waals surface area contributed by atoms with E-state index in [0.29, 0.717) is 5.41 Å². The first-order valence-electron chi connectivity index (χ1n) is 7.10. The van der Waals surface area contributed by atoms with E-state index < -0.39 is 0 Å². The molecule has 0 aliphatic heterocycles. The van der Waals surface area contributed by atoms with Crippen LogP contribution in [0.2, 0.25) is 0 Å². The number of guanidine groups is 1. The molecule has 1 aliphatic rings. The van der Waals surface area contributed by atoms with Gasteiger partial charge in [-0.25, -0.2) is 0 Å². The van der Waals surface area contributed by atoms with Gasteiger partial charge in [-0.15, -0.1) is 24.0 Å². The number of nitrogens with zero attached hydrogens (tertiary/aromatic N) is 3. The standard InChI is InChI=1S/C14H25N5.HI/c1-4-14(7-5-8-14)11-17-13(15-2)16-10-12-6-9-18-19(12)3;/h6,9H,4-5,7-8,10-11H2,1-3H3,(H2,15,16,17);1H. The van der Waals surface area contributed by atoms with Gasteiger partial charge in [0.25, 0.3) is 0 Å². The lowest BCUT2D eigenvalue weighted by Gasteiger charge is -2.41. The van der Waals surface area contributed by atoms with E-state index in [1.807, 2.05) is 31.0 Å². The summed E-state index contributed by atoms with van der Waals surface area (Å²) in [5.74, 6) is 0.876. The summed E-state index contributed by atoms with van der Waals surface area (Å²) in [5, 5.41) is 10.9. The Kier molecular flexibility index (Phi) is 6.78. The predicted octanol–water partition coefficient (Wildman–Crippen LogP) is 2.28. The van der Waals surface area contributed by atoms with Crippen LogP contribution in [0.5, 0.6) is 0 Å². The number of halogens is 1. The molecular formula is C14H26IN5. The van der Waals surface area contributed by atoms with Gasteiger partial charge in [0, 0.05) is 26.8 Å². The van der Waals surface area contributed by atoms with E-state index in [1.54, 1.807) is 0 Å². The molecule has 0 spiro atoms. The molecule has 6 heteroatoms. The molecule has 0 amide bonds. The topological polar surface area (TPSA) is 54.2 Å². The quantitative estimate of drug-likeness (QED) is 0.460. The third-order valence-electron chi connectivity index (χ3n) is 4.38. The highest BCUT2D eigenvalue weighted by molar-refractivity contribution is 14.0. The molecule has 1 aromatic rings. The van der Waals surface area contributed by atoms with E-state index in [-0.39, 0.29) is 24.0 Å². The molecule has 0 aromatic carbocycles. The Labute approximate surface area is 138 Å². The van der Waals surface area contributed by atoms with Crippen LogP contribution in [0, 0.1) is 5.41 Å². The van der Waals surface area contributed by atoms with Crippen LogP contribution in [-0.2, 0) is 13.6 Å². The van der Waals surface area contributed by atoms with Gasteiger partial charge in [-0.1, -0.05) is 13.3 Å². The summed E-state index contributed by atoms with van der Waals surface area (Å²) < 4.78 is 1.87. The fraction of sp³-hybridized carbons (Fsp3) is 0.714. The Morgan fingerprint density at radius 3 is 2.65 bits per heavy atom. The number of aromatic nitrogens is 2. The molecule has 0 atom stereocenters. The second kappa shape index (κ2) is 7.85. The lowest BCUT2D eigenvalue weighted by Crippen LogP contribution is -2.46. The van der Waals surface area contributed by atoms with E-state index in [1.165, 1.54) is 25.7 Å². The van der Waals surface area contributed by atoms with Crippen molar-refractivity contribution in [2.45, 2.75) is 39.2 Å². The number of rotatable bonds is 5. The molecule has 114 valence electrons. The Morgan fingerprint density at radius 2 is 2.20 bits per heavy atom.